The Morgan fingerprint density at radius 3 is 2.37 bits per heavy atom. The van der Waals surface area contributed by atoms with E-state index in [1.165, 1.54) is 40.5 Å². The van der Waals surface area contributed by atoms with Gasteiger partial charge >= 0.3 is 0 Å². The molecule has 6 nitrogen and oxygen atoms in total. The van der Waals surface area contributed by atoms with Gasteiger partial charge in [-0.3, -0.25) is 0 Å². The van der Waals surface area contributed by atoms with Crippen LogP contribution < -0.4 is 4.90 Å². The molecule has 1 aliphatic carbocycles. The summed E-state index contributed by atoms with van der Waals surface area (Å²) in [5.74, 6) is 1.73. The van der Waals surface area contributed by atoms with Crippen molar-refractivity contribution in [3.63, 3.8) is 0 Å². The molecule has 0 spiro atoms. The van der Waals surface area contributed by atoms with Gasteiger partial charge in [0.05, 0.1) is 11.6 Å². The van der Waals surface area contributed by atoms with Gasteiger partial charge in [0, 0.05) is 36.6 Å². The van der Waals surface area contributed by atoms with E-state index in [9.17, 15) is 8.42 Å². The second kappa shape index (κ2) is 7.59. The molecule has 0 amide bonds. The van der Waals surface area contributed by atoms with Gasteiger partial charge in [-0.15, -0.1) is 11.3 Å². The van der Waals surface area contributed by atoms with Crippen LogP contribution in [0.4, 0.5) is 5.82 Å². The lowest BCUT2D eigenvalue weighted by Crippen LogP contribution is -2.48. The molecule has 30 heavy (non-hydrogen) atoms. The van der Waals surface area contributed by atoms with Crippen LogP contribution >= 0.6 is 11.3 Å². The summed E-state index contributed by atoms with van der Waals surface area (Å²) in [5, 5.41) is 1.19. The molecule has 0 N–H and O–H groups in total. The predicted octanol–water partition coefficient (Wildman–Crippen LogP) is 3.63. The van der Waals surface area contributed by atoms with E-state index in [1.807, 2.05) is 11.3 Å². The number of benzene rings is 1. The minimum absolute atomic E-state index is 0.497. The molecule has 0 bridgehead atoms. The minimum atomic E-state index is -3.16. The zero-order valence-corrected chi connectivity index (χ0v) is 19.0. The molecule has 1 aliphatic heterocycles. The average molecular weight is 443 g/mol. The van der Waals surface area contributed by atoms with Crippen molar-refractivity contribution >= 4 is 37.4 Å². The molecule has 2 aromatic heterocycles. The Hall–Kier alpha value is -2.03. The van der Waals surface area contributed by atoms with Gasteiger partial charge in [-0.2, -0.15) is 4.31 Å². The Bertz CT molecular complexity index is 1190. The molecular formula is C22H26N4O2S2. The molecule has 0 saturated carbocycles. The van der Waals surface area contributed by atoms with E-state index in [-0.39, 0.29) is 0 Å². The van der Waals surface area contributed by atoms with Gasteiger partial charge in [0.2, 0.25) is 10.0 Å². The minimum Gasteiger partial charge on any atom is -0.353 e. The summed E-state index contributed by atoms with van der Waals surface area (Å²) in [7, 11) is -3.16. The molecule has 2 aliphatic rings. The van der Waals surface area contributed by atoms with Crippen LogP contribution in [0.25, 0.3) is 21.6 Å². The number of sulfonamides is 1. The van der Waals surface area contributed by atoms with Gasteiger partial charge in [0.15, 0.2) is 5.82 Å². The van der Waals surface area contributed by atoms with Gasteiger partial charge in [-0.05, 0) is 38.2 Å². The molecule has 5 rings (SSSR count). The van der Waals surface area contributed by atoms with Crippen LogP contribution in [-0.2, 0) is 22.9 Å². The number of rotatable bonds is 3. The first kappa shape index (κ1) is 19.9. The SMILES string of the molecule is Cc1ccc(-c2nc(N3CCN(S(C)(=O)=O)CC3)c3c4c(sc3n2)CCCC4)cc1. The third-order valence-corrected chi connectivity index (χ3v) is 8.60. The van der Waals surface area contributed by atoms with Gasteiger partial charge in [0.1, 0.15) is 10.6 Å². The molecule has 3 heterocycles. The summed E-state index contributed by atoms with van der Waals surface area (Å²) >= 11 is 1.81. The summed E-state index contributed by atoms with van der Waals surface area (Å²) in [6.07, 6.45) is 5.94. The average Bonchev–Trinajstić information content (AvgIpc) is 3.11. The van der Waals surface area contributed by atoms with Crippen molar-refractivity contribution in [2.75, 3.05) is 37.3 Å². The maximum atomic E-state index is 11.9. The first-order valence-corrected chi connectivity index (χ1v) is 13.2. The lowest BCUT2D eigenvalue weighted by Gasteiger charge is -2.34. The van der Waals surface area contributed by atoms with Crippen molar-refractivity contribution in [2.45, 2.75) is 32.6 Å². The molecular weight excluding hydrogens is 416 g/mol. The van der Waals surface area contributed by atoms with Crippen molar-refractivity contribution in [1.29, 1.82) is 0 Å². The summed E-state index contributed by atoms with van der Waals surface area (Å²) in [4.78, 5) is 14.8. The zero-order valence-electron chi connectivity index (χ0n) is 17.4. The van der Waals surface area contributed by atoms with E-state index in [1.54, 1.807) is 4.31 Å². The van der Waals surface area contributed by atoms with Crippen LogP contribution in [0, 0.1) is 6.92 Å². The number of nitrogens with zero attached hydrogens (tertiary/aromatic N) is 4. The number of fused-ring (bicyclic) bond motifs is 3. The van der Waals surface area contributed by atoms with E-state index < -0.39 is 10.0 Å². The lowest BCUT2D eigenvalue weighted by atomic mass is 9.96. The van der Waals surface area contributed by atoms with Crippen LogP contribution in [0.2, 0.25) is 0 Å². The van der Waals surface area contributed by atoms with E-state index in [4.69, 9.17) is 9.97 Å². The molecule has 1 aromatic carbocycles. The van der Waals surface area contributed by atoms with Crippen LogP contribution in [0.5, 0.6) is 0 Å². The highest BCUT2D eigenvalue weighted by atomic mass is 32.2. The highest BCUT2D eigenvalue weighted by Crippen LogP contribution is 2.41. The van der Waals surface area contributed by atoms with Crippen molar-refractivity contribution in [1.82, 2.24) is 14.3 Å². The number of piperazine rings is 1. The summed E-state index contributed by atoms with van der Waals surface area (Å²) < 4.78 is 25.4. The first-order chi connectivity index (χ1) is 14.4. The second-order valence-electron chi connectivity index (χ2n) is 8.28. The second-order valence-corrected chi connectivity index (χ2v) is 11.3. The van der Waals surface area contributed by atoms with Crippen LogP contribution in [0.3, 0.4) is 0 Å². The zero-order chi connectivity index (χ0) is 20.9. The molecule has 8 heteroatoms. The van der Waals surface area contributed by atoms with Gasteiger partial charge in [-0.1, -0.05) is 29.8 Å². The van der Waals surface area contributed by atoms with Crippen LogP contribution in [-0.4, -0.2) is 55.1 Å². The molecule has 1 saturated heterocycles. The van der Waals surface area contributed by atoms with E-state index in [0.29, 0.717) is 26.2 Å². The summed E-state index contributed by atoms with van der Waals surface area (Å²) in [6.45, 7) is 4.37. The van der Waals surface area contributed by atoms with Gasteiger partial charge in [0.25, 0.3) is 0 Å². The highest BCUT2D eigenvalue weighted by molar-refractivity contribution is 7.88. The van der Waals surface area contributed by atoms with Crippen molar-refractivity contribution in [3.8, 4) is 11.4 Å². The number of aryl methyl sites for hydroxylation is 3. The van der Waals surface area contributed by atoms with Crippen molar-refractivity contribution in [3.05, 3.63) is 40.3 Å². The Balaban J connectivity index is 1.61. The van der Waals surface area contributed by atoms with Crippen molar-refractivity contribution in [2.24, 2.45) is 0 Å². The topological polar surface area (TPSA) is 66.4 Å². The fourth-order valence-electron chi connectivity index (χ4n) is 4.43. The monoisotopic (exact) mass is 442 g/mol. The molecule has 0 unspecified atom stereocenters. The Kier molecular flexibility index (Phi) is 5.03. The predicted molar refractivity (Wildman–Crippen MR) is 123 cm³/mol. The lowest BCUT2D eigenvalue weighted by molar-refractivity contribution is 0.387. The Morgan fingerprint density at radius 2 is 1.67 bits per heavy atom. The van der Waals surface area contributed by atoms with Gasteiger partial charge < -0.3 is 4.90 Å². The third kappa shape index (κ3) is 3.61. The van der Waals surface area contributed by atoms with E-state index in [0.717, 1.165) is 34.9 Å². The van der Waals surface area contributed by atoms with Crippen LogP contribution in [0.15, 0.2) is 24.3 Å². The summed E-state index contributed by atoms with van der Waals surface area (Å²) in [5.41, 5.74) is 3.64. The van der Waals surface area contributed by atoms with E-state index >= 15 is 0 Å². The quantitative estimate of drug-likeness (QED) is 0.620. The number of aromatic nitrogens is 2. The molecule has 0 radical (unpaired) electrons. The first-order valence-electron chi connectivity index (χ1n) is 10.5. The molecule has 3 aromatic rings. The number of hydrogen-bond donors (Lipinski definition) is 0. The number of anilines is 1. The fraction of sp³-hybridized carbons (Fsp3) is 0.455. The summed E-state index contributed by atoms with van der Waals surface area (Å²) in [6, 6.07) is 8.34. The number of thiophene rings is 1. The van der Waals surface area contributed by atoms with E-state index in [2.05, 4.69) is 36.1 Å². The largest absolute Gasteiger partial charge is 0.353 e. The fourth-order valence-corrected chi connectivity index (χ4v) is 6.51. The standard InChI is InChI=1S/C22H26N4O2S2/c1-15-7-9-16(10-8-15)20-23-21(25-11-13-26(14-12-25)30(2,27)28)19-17-5-3-4-6-18(17)29-22(19)24-20/h7-10H,3-6,11-14H2,1-2H3. The smallest absolute Gasteiger partial charge is 0.211 e. The molecule has 0 atom stereocenters. The maximum absolute atomic E-state index is 11.9. The Morgan fingerprint density at radius 1 is 0.967 bits per heavy atom. The maximum Gasteiger partial charge on any atom is 0.211 e. The normalized spacial score (nSPS) is 18.0. The molecule has 158 valence electrons. The Labute approximate surface area is 181 Å². The van der Waals surface area contributed by atoms with Crippen LogP contribution in [0.1, 0.15) is 28.8 Å². The molecule has 1 fully saturated rings. The third-order valence-electron chi connectivity index (χ3n) is 6.11. The number of hydrogen-bond acceptors (Lipinski definition) is 6. The van der Waals surface area contributed by atoms with Crippen molar-refractivity contribution < 1.29 is 8.42 Å². The van der Waals surface area contributed by atoms with Gasteiger partial charge in [-0.25, -0.2) is 18.4 Å². The highest BCUT2D eigenvalue weighted by Gasteiger charge is 2.28.